The van der Waals surface area contributed by atoms with Crippen molar-refractivity contribution < 1.29 is 23.8 Å². The first kappa shape index (κ1) is 24.8. The highest BCUT2D eigenvalue weighted by atomic mass is 79.9. The molecule has 9 heteroatoms. The summed E-state index contributed by atoms with van der Waals surface area (Å²) in [6.45, 7) is 2.23. The van der Waals surface area contributed by atoms with E-state index in [0.717, 1.165) is 5.56 Å². The molecule has 0 atom stereocenters. The Balaban J connectivity index is 1.54. The van der Waals surface area contributed by atoms with Crippen molar-refractivity contribution in [3.05, 3.63) is 82.3 Å². The first-order chi connectivity index (χ1) is 16.5. The van der Waals surface area contributed by atoms with Crippen LogP contribution in [0, 0.1) is 0 Å². The molecule has 34 heavy (non-hydrogen) atoms. The van der Waals surface area contributed by atoms with Gasteiger partial charge in [0.05, 0.1) is 24.4 Å². The second kappa shape index (κ2) is 12.4. The molecule has 0 fully saturated rings. The second-order valence-corrected chi connectivity index (χ2v) is 7.74. The second-order valence-electron chi connectivity index (χ2n) is 6.89. The molecule has 0 heterocycles. The predicted molar refractivity (Wildman–Crippen MR) is 134 cm³/mol. The molecule has 0 saturated heterocycles. The first-order valence-corrected chi connectivity index (χ1v) is 11.2. The molecule has 0 saturated carbocycles. The summed E-state index contributed by atoms with van der Waals surface area (Å²) >= 11 is 3.43. The molecular weight excluding hydrogens is 502 g/mol. The number of amides is 2. The van der Waals surface area contributed by atoms with Gasteiger partial charge in [-0.05, 0) is 76.9 Å². The summed E-state index contributed by atoms with van der Waals surface area (Å²) in [6.07, 6.45) is 1.50. The van der Waals surface area contributed by atoms with Gasteiger partial charge in [-0.2, -0.15) is 5.10 Å². The maximum absolute atomic E-state index is 12.4. The molecule has 3 aromatic carbocycles. The van der Waals surface area contributed by atoms with Crippen LogP contribution in [0.3, 0.4) is 0 Å². The Morgan fingerprint density at radius 2 is 1.74 bits per heavy atom. The SMILES string of the molecule is CCOc1ccc(C(=O)N/N=C/c2ccc(OCC(=O)Nc3ccccc3)c(Br)c2)cc1OC. The number of benzene rings is 3. The van der Waals surface area contributed by atoms with Crippen LogP contribution in [-0.2, 0) is 4.79 Å². The minimum absolute atomic E-state index is 0.136. The number of hydrazone groups is 1. The quantitative estimate of drug-likeness (QED) is 0.297. The molecule has 0 aliphatic heterocycles. The Labute approximate surface area is 206 Å². The molecule has 0 bridgehead atoms. The van der Waals surface area contributed by atoms with Crippen molar-refractivity contribution in [1.82, 2.24) is 5.43 Å². The molecule has 176 valence electrons. The molecule has 2 amide bonds. The number of halogens is 1. The monoisotopic (exact) mass is 525 g/mol. The average Bonchev–Trinajstić information content (AvgIpc) is 2.84. The molecule has 0 aliphatic carbocycles. The van der Waals surface area contributed by atoms with Gasteiger partial charge in [0.1, 0.15) is 5.75 Å². The van der Waals surface area contributed by atoms with Crippen molar-refractivity contribution in [1.29, 1.82) is 0 Å². The van der Waals surface area contributed by atoms with Gasteiger partial charge in [0.15, 0.2) is 18.1 Å². The number of para-hydroxylation sites is 1. The average molecular weight is 526 g/mol. The number of methoxy groups -OCH3 is 1. The van der Waals surface area contributed by atoms with Crippen LogP contribution in [0.15, 0.2) is 76.3 Å². The lowest BCUT2D eigenvalue weighted by Gasteiger charge is -2.10. The Morgan fingerprint density at radius 1 is 0.971 bits per heavy atom. The molecule has 2 N–H and O–H groups in total. The number of hydrogen-bond donors (Lipinski definition) is 2. The van der Waals surface area contributed by atoms with Gasteiger partial charge in [0.25, 0.3) is 11.8 Å². The van der Waals surface area contributed by atoms with E-state index in [0.29, 0.717) is 39.6 Å². The third-order valence-electron chi connectivity index (χ3n) is 4.48. The topological polar surface area (TPSA) is 98.3 Å². The van der Waals surface area contributed by atoms with Gasteiger partial charge >= 0.3 is 0 Å². The van der Waals surface area contributed by atoms with Crippen molar-refractivity contribution >= 4 is 39.6 Å². The summed E-state index contributed by atoms with van der Waals surface area (Å²) in [4.78, 5) is 24.4. The lowest BCUT2D eigenvalue weighted by atomic mass is 10.2. The zero-order valence-corrected chi connectivity index (χ0v) is 20.3. The minimum atomic E-state index is -0.388. The smallest absolute Gasteiger partial charge is 0.271 e. The van der Waals surface area contributed by atoms with Crippen LogP contribution in [0.25, 0.3) is 0 Å². The van der Waals surface area contributed by atoms with Gasteiger partial charge in [-0.3, -0.25) is 9.59 Å². The maximum atomic E-state index is 12.4. The fourth-order valence-corrected chi connectivity index (χ4v) is 3.40. The number of anilines is 1. The number of hydrogen-bond acceptors (Lipinski definition) is 6. The highest BCUT2D eigenvalue weighted by Crippen LogP contribution is 2.28. The van der Waals surface area contributed by atoms with Gasteiger partial charge in [-0.1, -0.05) is 18.2 Å². The number of rotatable bonds is 10. The van der Waals surface area contributed by atoms with E-state index in [1.807, 2.05) is 25.1 Å². The minimum Gasteiger partial charge on any atom is -0.493 e. The first-order valence-electron chi connectivity index (χ1n) is 10.4. The van der Waals surface area contributed by atoms with E-state index >= 15 is 0 Å². The molecular formula is C25H24BrN3O5. The maximum Gasteiger partial charge on any atom is 0.271 e. The van der Waals surface area contributed by atoms with Crippen LogP contribution in [-0.4, -0.2) is 38.4 Å². The van der Waals surface area contributed by atoms with Crippen molar-refractivity contribution in [3.63, 3.8) is 0 Å². The third kappa shape index (κ3) is 7.08. The van der Waals surface area contributed by atoms with Crippen LogP contribution in [0.5, 0.6) is 17.2 Å². The van der Waals surface area contributed by atoms with Crippen molar-refractivity contribution in [2.24, 2.45) is 5.10 Å². The van der Waals surface area contributed by atoms with E-state index in [2.05, 4.69) is 31.8 Å². The summed E-state index contributed by atoms with van der Waals surface area (Å²) in [5.74, 6) is 0.884. The number of carbonyl (C=O) groups is 2. The van der Waals surface area contributed by atoms with E-state index in [9.17, 15) is 9.59 Å². The van der Waals surface area contributed by atoms with Crippen LogP contribution in [0.2, 0.25) is 0 Å². The molecule has 0 aromatic heterocycles. The van der Waals surface area contributed by atoms with E-state index in [1.54, 1.807) is 48.5 Å². The standard InChI is InChI=1S/C25H24BrN3O5/c1-3-33-22-12-10-18(14-23(22)32-2)25(31)29-27-15-17-9-11-21(20(26)13-17)34-16-24(30)28-19-7-5-4-6-8-19/h4-15H,3,16H2,1-2H3,(H,28,30)(H,29,31)/b27-15+. The van der Waals surface area contributed by atoms with Crippen molar-refractivity contribution in [3.8, 4) is 17.2 Å². The van der Waals surface area contributed by atoms with Gasteiger partial charge < -0.3 is 19.5 Å². The van der Waals surface area contributed by atoms with E-state index in [1.165, 1.54) is 13.3 Å². The molecule has 0 radical (unpaired) electrons. The summed E-state index contributed by atoms with van der Waals surface area (Å²) in [5, 5.41) is 6.76. The lowest BCUT2D eigenvalue weighted by Crippen LogP contribution is -2.20. The molecule has 0 unspecified atom stereocenters. The van der Waals surface area contributed by atoms with Crippen LogP contribution in [0.4, 0.5) is 5.69 Å². The fourth-order valence-electron chi connectivity index (χ4n) is 2.89. The summed E-state index contributed by atoms with van der Waals surface area (Å²) in [7, 11) is 1.51. The zero-order chi connectivity index (χ0) is 24.3. The molecule has 3 rings (SSSR count). The Hall–Kier alpha value is -3.85. The molecule has 0 spiro atoms. The fraction of sp³-hybridized carbons (Fsp3) is 0.160. The Bertz CT molecular complexity index is 1170. The van der Waals surface area contributed by atoms with Crippen LogP contribution in [0.1, 0.15) is 22.8 Å². The normalized spacial score (nSPS) is 10.6. The van der Waals surface area contributed by atoms with Crippen molar-refractivity contribution in [2.45, 2.75) is 6.92 Å². The van der Waals surface area contributed by atoms with Gasteiger partial charge in [-0.25, -0.2) is 5.43 Å². The lowest BCUT2D eigenvalue weighted by molar-refractivity contribution is -0.118. The Kier molecular flexibility index (Phi) is 9.04. The number of carbonyl (C=O) groups excluding carboxylic acids is 2. The number of nitrogens with zero attached hydrogens (tertiary/aromatic N) is 1. The number of nitrogens with one attached hydrogen (secondary N) is 2. The third-order valence-corrected chi connectivity index (χ3v) is 5.10. The largest absolute Gasteiger partial charge is 0.493 e. The number of ether oxygens (including phenoxy) is 3. The summed E-state index contributed by atoms with van der Waals surface area (Å²) in [5.41, 5.74) is 4.29. The van der Waals surface area contributed by atoms with E-state index < -0.39 is 0 Å². The molecule has 3 aromatic rings. The van der Waals surface area contributed by atoms with Gasteiger partial charge in [-0.15, -0.1) is 0 Å². The van der Waals surface area contributed by atoms with Crippen LogP contribution < -0.4 is 25.0 Å². The zero-order valence-electron chi connectivity index (χ0n) is 18.7. The predicted octanol–water partition coefficient (Wildman–Crippen LogP) is 4.64. The summed E-state index contributed by atoms with van der Waals surface area (Å²) < 4.78 is 16.9. The Morgan fingerprint density at radius 3 is 2.44 bits per heavy atom. The summed E-state index contributed by atoms with van der Waals surface area (Å²) in [6, 6.07) is 19.3. The van der Waals surface area contributed by atoms with Gasteiger partial charge in [0.2, 0.25) is 0 Å². The molecule has 8 nitrogen and oxygen atoms in total. The molecule has 0 aliphatic rings. The van der Waals surface area contributed by atoms with Crippen molar-refractivity contribution in [2.75, 3.05) is 25.6 Å². The highest BCUT2D eigenvalue weighted by molar-refractivity contribution is 9.10. The van der Waals surface area contributed by atoms with E-state index in [4.69, 9.17) is 14.2 Å². The van der Waals surface area contributed by atoms with Crippen LogP contribution >= 0.6 is 15.9 Å². The van der Waals surface area contributed by atoms with Gasteiger partial charge in [0, 0.05) is 11.3 Å². The highest BCUT2D eigenvalue weighted by Gasteiger charge is 2.11. The van der Waals surface area contributed by atoms with E-state index in [-0.39, 0.29) is 18.4 Å².